The number of ketones is 2. The lowest BCUT2D eigenvalue weighted by Gasteiger charge is -2.39. The number of hydrogen-bond acceptors (Lipinski definition) is 7. The summed E-state index contributed by atoms with van der Waals surface area (Å²) in [4.78, 5) is 80.4. The molecule has 0 radical (unpaired) electrons. The molecular formula is C56H67N7O4. The Kier molecular flexibility index (Phi) is 9.37. The predicted molar refractivity (Wildman–Crippen MR) is 259 cm³/mol. The largest absolute Gasteiger partial charge is 0.357 e. The first-order chi connectivity index (χ1) is 31.9. The number of aromatic nitrogens is 4. The van der Waals surface area contributed by atoms with Gasteiger partial charge in [-0.3, -0.25) is 19.2 Å². The Bertz CT molecular complexity index is 2720. The molecule has 67 heavy (non-hydrogen) atoms. The van der Waals surface area contributed by atoms with E-state index in [4.69, 9.17) is 9.97 Å². The quantitative estimate of drug-likeness (QED) is 0.155. The van der Waals surface area contributed by atoms with Crippen LogP contribution in [0.4, 0.5) is 5.69 Å². The second-order valence-electron chi connectivity index (χ2n) is 23.9. The Morgan fingerprint density at radius 2 is 1.04 bits per heavy atom. The molecule has 4 aliphatic carbocycles. The van der Waals surface area contributed by atoms with Gasteiger partial charge in [0.15, 0.2) is 0 Å². The molecule has 2 amide bonds. The van der Waals surface area contributed by atoms with Crippen molar-refractivity contribution in [1.82, 2.24) is 29.7 Å². The maximum absolute atomic E-state index is 14.6. The topological polar surface area (TPSA) is 135 Å². The SMILES string of the molecule is CC(C)(C)c1ccc(N2C(c3ccc4nc([C@@H]5CCCN5C(=O)[C@]56CC[C@H](CC5=O)C6(C)C)[nH]c4c3)CC[C@@H]2c2ccc3nc([C@@H]4CCCN4C(=O)[C@]45CC[C@H](CC4=O)C5(C)C)[nH]c3c2)cc1. The third-order valence-electron chi connectivity index (χ3n) is 19.4. The number of carbonyl (C=O) groups is 4. The van der Waals surface area contributed by atoms with Gasteiger partial charge in [-0.1, -0.05) is 72.7 Å². The van der Waals surface area contributed by atoms with Crippen LogP contribution in [0, 0.1) is 33.5 Å². The van der Waals surface area contributed by atoms with Gasteiger partial charge in [0.2, 0.25) is 11.8 Å². The van der Waals surface area contributed by atoms with Crippen molar-refractivity contribution >= 4 is 51.1 Å². The number of anilines is 1. The van der Waals surface area contributed by atoms with Crippen LogP contribution in [-0.4, -0.2) is 66.2 Å². The number of likely N-dealkylation sites (tertiary alicyclic amines) is 2. The summed E-state index contributed by atoms with van der Waals surface area (Å²) in [5, 5.41) is 0. The van der Waals surface area contributed by atoms with Crippen molar-refractivity contribution in [2.45, 2.75) is 155 Å². The molecule has 4 saturated carbocycles. The number of carbonyl (C=O) groups excluding carboxylic acids is 4. The molecule has 5 heterocycles. The number of nitrogens with zero attached hydrogens (tertiary/aromatic N) is 5. The molecule has 1 unspecified atom stereocenters. The molecule has 8 atom stereocenters. The number of H-pyrrole nitrogens is 2. The first-order valence-electron chi connectivity index (χ1n) is 25.5. The molecule has 3 aromatic carbocycles. The van der Waals surface area contributed by atoms with E-state index in [0.29, 0.717) is 38.8 Å². The summed E-state index contributed by atoms with van der Waals surface area (Å²) >= 11 is 0. The average Bonchev–Trinajstić information content (AvgIpc) is 4.18. The van der Waals surface area contributed by atoms with Crippen LogP contribution in [0.25, 0.3) is 22.1 Å². The fraction of sp³-hybridized carbons (Fsp3) is 0.571. The van der Waals surface area contributed by atoms with E-state index >= 15 is 0 Å². The third kappa shape index (κ3) is 5.93. The standard InChI is InChI=1S/C56H67N7O4/c1-52(2,3)34-14-16-37(17-15-34)63-42(32-12-18-38-40(28-32)59-48(57-38)44-10-8-26-61(44)50(66)55-24-22-35(30-46(55)64)53(55,4)5)20-21-43(63)33-13-19-39-41(29-33)60-49(58-39)45-11-9-27-62(45)51(67)56-25-23-36(31-47(56)65)54(56,6)7/h12-19,28-29,35-36,42-45H,8-11,20-27,30-31H2,1-7H3,(H,57,59)(H,58,60)/t35-,36-,42-,43?,44+,45+,55+,56+/m1/s1. The number of rotatable bonds is 7. The molecule has 5 aromatic rings. The highest BCUT2D eigenvalue weighted by molar-refractivity contribution is 6.10. The highest BCUT2D eigenvalue weighted by Crippen LogP contribution is 2.66. The number of Topliss-reactive ketones (excluding diaryl/α,β-unsaturated/α-hetero) is 2. The zero-order valence-electron chi connectivity index (χ0n) is 40.5. The summed E-state index contributed by atoms with van der Waals surface area (Å²) in [6.07, 6.45) is 9.62. The monoisotopic (exact) mass is 902 g/mol. The molecule has 11 heteroatoms. The number of amides is 2. The van der Waals surface area contributed by atoms with Crippen molar-refractivity contribution in [1.29, 1.82) is 0 Å². The molecule has 3 aliphatic heterocycles. The summed E-state index contributed by atoms with van der Waals surface area (Å²) in [5.41, 5.74) is 6.16. The summed E-state index contributed by atoms with van der Waals surface area (Å²) in [7, 11) is 0. The van der Waals surface area contributed by atoms with E-state index in [1.54, 1.807) is 0 Å². The van der Waals surface area contributed by atoms with Gasteiger partial charge in [0.1, 0.15) is 34.0 Å². The Balaban J connectivity index is 0.848. The maximum atomic E-state index is 14.6. The Labute approximate surface area is 394 Å². The van der Waals surface area contributed by atoms with Gasteiger partial charge in [-0.2, -0.15) is 0 Å². The Morgan fingerprint density at radius 3 is 1.43 bits per heavy atom. The molecule has 350 valence electrons. The normalized spacial score (nSPS) is 32.0. The Hall–Kier alpha value is -5.32. The van der Waals surface area contributed by atoms with Crippen molar-refractivity contribution in [3.63, 3.8) is 0 Å². The molecule has 7 aliphatic rings. The lowest BCUT2D eigenvalue weighted by Crippen LogP contribution is -2.51. The first-order valence-corrected chi connectivity index (χ1v) is 25.5. The van der Waals surface area contributed by atoms with Crippen LogP contribution in [0.2, 0.25) is 0 Å². The van der Waals surface area contributed by atoms with Crippen LogP contribution in [0.3, 0.4) is 0 Å². The van der Waals surface area contributed by atoms with Gasteiger partial charge in [0.25, 0.3) is 0 Å². The lowest BCUT2D eigenvalue weighted by atomic mass is 9.68. The first kappa shape index (κ1) is 43.0. The van der Waals surface area contributed by atoms with Crippen LogP contribution < -0.4 is 4.90 Å². The number of hydrogen-bond donors (Lipinski definition) is 2. The van der Waals surface area contributed by atoms with Crippen LogP contribution in [0.5, 0.6) is 0 Å². The minimum atomic E-state index is -0.913. The highest BCUT2D eigenvalue weighted by Gasteiger charge is 2.70. The van der Waals surface area contributed by atoms with Crippen molar-refractivity contribution in [3.8, 4) is 0 Å². The van der Waals surface area contributed by atoms with Gasteiger partial charge in [-0.15, -0.1) is 0 Å². The van der Waals surface area contributed by atoms with E-state index in [0.717, 1.165) is 85.1 Å². The van der Waals surface area contributed by atoms with Crippen molar-refractivity contribution in [3.05, 3.63) is 89.0 Å². The number of benzene rings is 3. The van der Waals surface area contributed by atoms with E-state index in [1.807, 2.05) is 9.80 Å². The van der Waals surface area contributed by atoms with Gasteiger partial charge in [-0.05, 0) is 145 Å². The highest BCUT2D eigenvalue weighted by atomic mass is 16.2. The fourth-order valence-corrected chi connectivity index (χ4v) is 15.2. The van der Waals surface area contributed by atoms with Gasteiger partial charge in [-0.25, -0.2) is 9.97 Å². The van der Waals surface area contributed by atoms with E-state index in [9.17, 15) is 19.2 Å². The summed E-state index contributed by atoms with van der Waals surface area (Å²) < 4.78 is 0. The third-order valence-corrected chi connectivity index (χ3v) is 19.4. The summed E-state index contributed by atoms with van der Waals surface area (Å²) in [6.45, 7) is 16.6. The predicted octanol–water partition coefficient (Wildman–Crippen LogP) is 10.9. The van der Waals surface area contributed by atoms with Crippen LogP contribution in [0.15, 0.2) is 60.7 Å². The van der Waals surface area contributed by atoms with Crippen molar-refractivity contribution in [2.24, 2.45) is 33.5 Å². The van der Waals surface area contributed by atoms with E-state index in [-0.39, 0.29) is 75.6 Å². The Morgan fingerprint density at radius 1 is 0.597 bits per heavy atom. The number of aromatic amines is 2. The van der Waals surface area contributed by atoms with Gasteiger partial charge >= 0.3 is 0 Å². The van der Waals surface area contributed by atoms with E-state index in [1.165, 1.54) is 22.4 Å². The molecule has 7 fully saturated rings. The molecule has 4 bridgehead atoms. The summed E-state index contributed by atoms with van der Waals surface area (Å²) in [5.74, 6) is 2.50. The molecule has 11 nitrogen and oxygen atoms in total. The van der Waals surface area contributed by atoms with Crippen LogP contribution in [0.1, 0.15) is 178 Å². The molecule has 2 aromatic heterocycles. The van der Waals surface area contributed by atoms with Crippen molar-refractivity contribution < 1.29 is 19.2 Å². The summed E-state index contributed by atoms with van der Waals surface area (Å²) in [6, 6.07) is 22.2. The lowest BCUT2D eigenvalue weighted by molar-refractivity contribution is -0.155. The van der Waals surface area contributed by atoms with Gasteiger partial charge < -0.3 is 24.7 Å². The van der Waals surface area contributed by atoms with E-state index < -0.39 is 10.8 Å². The van der Waals surface area contributed by atoms with Gasteiger partial charge in [0.05, 0.1) is 46.2 Å². The smallest absolute Gasteiger partial charge is 0.237 e. The minimum Gasteiger partial charge on any atom is -0.357 e. The number of fused-ring (bicyclic) bond motifs is 6. The molecule has 2 N–H and O–H groups in total. The zero-order chi connectivity index (χ0) is 46.6. The van der Waals surface area contributed by atoms with E-state index in [2.05, 4.69) is 124 Å². The molecule has 0 spiro atoms. The number of nitrogens with one attached hydrogen (secondary N) is 2. The van der Waals surface area contributed by atoms with Crippen LogP contribution in [-0.2, 0) is 24.6 Å². The molecule has 12 rings (SSSR count). The minimum absolute atomic E-state index is 0.0175. The zero-order valence-corrected chi connectivity index (χ0v) is 40.5. The fourth-order valence-electron chi connectivity index (χ4n) is 15.2. The second-order valence-corrected chi connectivity index (χ2v) is 23.9. The van der Waals surface area contributed by atoms with Gasteiger partial charge in [0, 0.05) is 31.6 Å². The van der Waals surface area contributed by atoms with Crippen LogP contribution >= 0.6 is 0 Å². The maximum Gasteiger partial charge on any atom is 0.237 e. The average molecular weight is 902 g/mol. The second kappa shape index (κ2) is 14.6. The van der Waals surface area contributed by atoms with Crippen molar-refractivity contribution in [2.75, 3.05) is 18.0 Å². The molecule has 3 saturated heterocycles. The molecular weight excluding hydrogens is 835 g/mol. The number of imidazole rings is 2.